The molecule has 0 unspecified atom stereocenters. The summed E-state index contributed by atoms with van der Waals surface area (Å²) in [6, 6.07) is 7.65. The molecule has 0 spiro atoms. The van der Waals surface area contributed by atoms with Crippen LogP contribution in [0, 0.1) is 0 Å². The van der Waals surface area contributed by atoms with E-state index in [0.717, 1.165) is 35.8 Å². The molecule has 0 aliphatic heterocycles. The van der Waals surface area contributed by atoms with Crippen LogP contribution in [0.1, 0.15) is 10.7 Å². The van der Waals surface area contributed by atoms with Crippen LogP contribution in [-0.2, 0) is 12.2 Å². The molecule has 3 heterocycles. The van der Waals surface area contributed by atoms with E-state index in [1.165, 1.54) is 5.01 Å². The number of rotatable bonds is 7. The first-order chi connectivity index (χ1) is 11.3. The summed E-state index contributed by atoms with van der Waals surface area (Å²) in [5, 5.41) is 6.56. The number of aromatic nitrogens is 4. The summed E-state index contributed by atoms with van der Waals surface area (Å²) in [6.45, 7) is 0.758. The molecule has 23 heavy (non-hydrogen) atoms. The molecule has 5 nitrogen and oxygen atoms in total. The molecular weight excluding hydrogens is 326 g/mol. The Labute approximate surface area is 143 Å². The first kappa shape index (κ1) is 15.9. The predicted molar refractivity (Wildman–Crippen MR) is 96.8 cm³/mol. The van der Waals surface area contributed by atoms with Gasteiger partial charge in [0.2, 0.25) is 5.95 Å². The summed E-state index contributed by atoms with van der Waals surface area (Å²) in [5.41, 5.74) is 2.78. The van der Waals surface area contributed by atoms with Crippen LogP contribution >= 0.6 is 23.1 Å². The Kier molecular flexibility index (Phi) is 5.55. The molecule has 3 rings (SSSR count). The minimum atomic E-state index is 0.618. The summed E-state index contributed by atoms with van der Waals surface area (Å²) >= 11 is 3.52. The van der Waals surface area contributed by atoms with Crippen LogP contribution in [0.2, 0.25) is 0 Å². The summed E-state index contributed by atoms with van der Waals surface area (Å²) in [7, 11) is 0. The zero-order valence-electron chi connectivity index (χ0n) is 12.8. The lowest BCUT2D eigenvalue weighted by Crippen LogP contribution is -2.08. The third-order valence-electron chi connectivity index (χ3n) is 3.11. The number of hydrogen-bond acceptors (Lipinski definition) is 7. The second-order valence-corrected chi connectivity index (χ2v) is 6.63. The van der Waals surface area contributed by atoms with Crippen molar-refractivity contribution in [2.45, 2.75) is 12.2 Å². The van der Waals surface area contributed by atoms with Crippen molar-refractivity contribution in [1.82, 2.24) is 19.9 Å². The van der Waals surface area contributed by atoms with Gasteiger partial charge in [-0.05, 0) is 24.5 Å². The number of hydrogen-bond donors (Lipinski definition) is 1. The fourth-order valence-electron chi connectivity index (χ4n) is 2.06. The van der Waals surface area contributed by atoms with Crippen LogP contribution in [0.25, 0.3) is 11.4 Å². The van der Waals surface area contributed by atoms with Crippen molar-refractivity contribution >= 4 is 29.0 Å². The van der Waals surface area contributed by atoms with Crippen LogP contribution in [-0.4, -0.2) is 32.7 Å². The highest BCUT2D eigenvalue weighted by atomic mass is 32.2. The van der Waals surface area contributed by atoms with E-state index in [9.17, 15) is 0 Å². The second-order valence-electron chi connectivity index (χ2n) is 4.82. The minimum absolute atomic E-state index is 0.618. The summed E-state index contributed by atoms with van der Waals surface area (Å²) in [5.74, 6) is 1.60. The van der Waals surface area contributed by atoms with Crippen molar-refractivity contribution in [3.05, 3.63) is 52.7 Å². The van der Waals surface area contributed by atoms with Crippen molar-refractivity contribution in [3.8, 4) is 11.4 Å². The number of nitrogens with one attached hydrogen (secondary N) is 1. The predicted octanol–water partition coefficient (Wildman–Crippen LogP) is 3.51. The molecule has 0 aromatic carbocycles. The lowest BCUT2D eigenvalue weighted by Gasteiger charge is -2.05. The van der Waals surface area contributed by atoms with Gasteiger partial charge in [-0.15, -0.1) is 11.3 Å². The average Bonchev–Trinajstić information content (AvgIpc) is 3.04. The topological polar surface area (TPSA) is 63.6 Å². The van der Waals surface area contributed by atoms with E-state index in [0.29, 0.717) is 5.95 Å². The Hall–Kier alpha value is -1.99. The van der Waals surface area contributed by atoms with E-state index in [1.54, 1.807) is 35.5 Å². The Morgan fingerprint density at radius 1 is 1.09 bits per heavy atom. The van der Waals surface area contributed by atoms with Gasteiger partial charge in [-0.3, -0.25) is 4.98 Å². The van der Waals surface area contributed by atoms with Crippen molar-refractivity contribution in [3.63, 3.8) is 0 Å². The van der Waals surface area contributed by atoms with Crippen molar-refractivity contribution < 1.29 is 0 Å². The SMILES string of the molecule is CSCc1nc(CCNc2nccc(-c3ccccn3)n2)cs1. The van der Waals surface area contributed by atoms with Crippen LogP contribution < -0.4 is 5.32 Å². The number of thiazole rings is 1. The molecule has 0 amide bonds. The molecule has 3 aromatic heterocycles. The first-order valence-electron chi connectivity index (χ1n) is 7.25. The van der Waals surface area contributed by atoms with Gasteiger partial charge in [0.25, 0.3) is 0 Å². The molecule has 0 atom stereocenters. The smallest absolute Gasteiger partial charge is 0.223 e. The summed E-state index contributed by atoms with van der Waals surface area (Å²) in [6.07, 6.45) is 6.47. The van der Waals surface area contributed by atoms with Gasteiger partial charge in [0, 0.05) is 36.5 Å². The third-order valence-corrected chi connectivity index (χ3v) is 4.76. The Balaban J connectivity index is 1.58. The zero-order chi connectivity index (χ0) is 15.9. The normalized spacial score (nSPS) is 10.7. The Morgan fingerprint density at radius 3 is 2.87 bits per heavy atom. The van der Waals surface area contributed by atoms with Crippen LogP contribution in [0.4, 0.5) is 5.95 Å². The monoisotopic (exact) mass is 343 g/mol. The molecule has 118 valence electrons. The maximum atomic E-state index is 4.60. The lowest BCUT2D eigenvalue weighted by molar-refractivity contribution is 0.946. The van der Waals surface area contributed by atoms with Crippen molar-refractivity contribution in [1.29, 1.82) is 0 Å². The van der Waals surface area contributed by atoms with Gasteiger partial charge in [0.15, 0.2) is 0 Å². The van der Waals surface area contributed by atoms with Gasteiger partial charge in [-0.1, -0.05) is 6.07 Å². The van der Waals surface area contributed by atoms with Crippen LogP contribution in [0.5, 0.6) is 0 Å². The standard InChI is InChI=1S/C16H17N5S2/c1-22-11-15-20-12(10-23-15)5-8-18-16-19-9-6-14(21-16)13-4-2-3-7-17-13/h2-4,6-7,9-10H,5,8,11H2,1H3,(H,18,19,21). The molecule has 0 aliphatic carbocycles. The molecule has 7 heteroatoms. The van der Waals surface area contributed by atoms with Crippen LogP contribution in [0.3, 0.4) is 0 Å². The highest BCUT2D eigenvalue weighted by molar-refractivity contribution is 7.97. The Morgan fingerprint density at radius 2 is 2.04 bits per heavy atom. The van der Waals surface area contributed by atoms with E-state index in [2.05, 4.69) is 36.9 Å². The molecular formula is C16H17N5S2. The molecule has 0 aliphatic rings. The lowest BCUT2D eigenvalue weighted by atomic mass is 10.2. The van der Waals surface area contributed by atoms with E-state index < -0.39 is 0 Å². The van der Waals surface area contributed by atoms with Crippen LogP contribution in [0.15, 0.2) is 42.0 Å². The van der Waals surface area contributed by atoms with Gasteiger partial charge in [-0.25, -0.2) is 15.0 Å². The zero-order valence-corrected chi connectivity index (χ0v) is 14.4. The number of pyridine rings is 1. The maximum absolute atomic E-state index is 4.60. The van der Waals surface area contributed by atoms with Crippen molar-refractivity contribution in [2.75, 3.05) is 18.1 Å². The molecule has 3 aromatic rings. The van der Waals surface area contributed by atoms with Gasteiger partial charge in [0.05, 0.1) is 17.1 Å². The van der Waals surface area contributed by atoms with E-state index in [1.807, 2.05) is 24.3 Å². The van der Waals surface area contributed by atoms with Gasteiger partial charge in [-0.2, -0.15) is 11.8 Å². The fraction of sp³-hybridized carbons (Fsp3) is 0.250. The highest BCUT2D eigenvalue weighted by Crippen LogP contribution is 2.16. The van der Waals surface area contributed by atoms with E-state index in [4.69, 9.17) is 0 Å². The molecule has 0 saturated carbocycles. The number of anilines is 1. The van der Waals surface area contributed by atoms with E-state index >= 15 is 0 Å². The summed E-state index contributed by atoms with van der Waals surface area (Å²) < 4.78 is 0. The third kappa shape index (κ3) is 4.49. The molecule has 1 N–H and O–H groups in total. The van der Waals surface area contributed by atoms with Crippen molar-refractivity contribution in [2.24, 2.45) is 0 Å². The Bertz CT molecular complexity index is 745. The summed E-state index contributed by atoms with van der Waals surface area (Å²) in [4.78, 5) is 17.7. The van der Waals surface area contributed by atoms with E-state index in [-0.39, 0.29) is 0 Å². The van der Waals surface area contributed by atoms with Gasteiger partial charge < -0.3 is 5.32 Å². The molecule has 0 saturated heterocycles. The maximum Gasteiger partial charge on any atom is 0.223 e. The average molecular weight is 343 g/mol. The largest absolute Gasteiger partial charge is 0.354 e. The number of nitrogens with zero attached hydrogens (tertiary/aromatic N) is 4. The minimum Gasteiger partial charge on any atom is -0.354 e. The quantitative estimate of drug-likeness (QED) is 0.708. The molecule has 0 radical (unpaired) electrons. The number of thioether (sulfide) groups is 1. The molecule has 0 fully saturated rings. The highest BCUT2D eigenvalue weighted by Gasteiger charge is 2.04. The van der Waals surface area contributed by atoms with Gasteiger partial charge >= 0.3 is 0 Å². The molecule has 0 bridgehead atoms. The fourth-order valence-corrected chi connectivity index (χ4v) is 3.61. The van der Waals surface area contributed by atoms with Gasteiger partial charge in [0.1, 0.15) is 5.01 Å². The second kappa shape index (κ2) is 8.03. The first-order valence-corrected chi connectivity index (χ1v) is 9.53.